The Morgan fingerprint density at radius 1 is 1.11 bits per heavy atom. The van der Waals surface area contributed by atoms with Crippen LogP contribution in [0.15, 0.2) is 36.4 Å². The Hall–Kier alpha value is -2.86. The zero-order valence-electron chi connectivity index (χ0n) is 16.2. The third-order valence-electron chi connectivity index (χ3n) is 4.90. The summed E-state index contributed by atoms with van der Waals surface area (Å²) in [5.41, 5.74) is 2.76. The number of hydrogen-bond acceptors (Lipinski definition) is 3. The van der Waals surface area contributed by atoms with Crippen molar-refractivity contribution in [2.45, 2.75) is 33.2 Å². The summed E-state index contributed by atoms with van der Waals surface area (Å²) in [5, 5.41) is 5.81. The van der Waals surface area contributed by atoms with Gasteiger partial charge in [0.05, 0.1) is 10.7 Å². The number of rotatable bonds is 4. The number of urea groups is 1. The van der Waals surface area contributed by atoms with Crippen molar-refractivity contribution in [2.75, 3.05) is 11.9 Å². The molecule has 6 nitrogen and oxygen atoms in total. The molecule has 0 bridgehead atoms. The van der Waals surface area contributed by atoms with Gasteiger partial charge in [0.1, 0.15) is 12.1 Å². The Morgan fingerprint density at radius 2 is 1.75 bits per heavy atom. The zero-order valence-corrected chi connectivity index (χ0v) is 17.0. The lowest BCUT2D eigenvalue weighted by molar-refractivity contribution is -0.133. The molecule has 2 aromatic carbocycles. The van der Waals surface area contributed by atoms with Crippen LogP contribution in [0.3, 0.4) is 0 Å². The summed E-state index contributed by atoms with van der Waals surface area (Å²) in [6.07, 6.45) is 0. The van der Waals surface area contributed by atoms with Crippen molar-refractivity contribution in [2.24, 2.45) is 0 Å². The molecular weight excluding hydrogens is 378 g/mol. The maximum atomic E-state index is 12.9. The van der Waals surface area contributed by atoms with E-state index in [-0.39, 0.29) is 0 Å². The fraction of sp³-hybridized carbons (Fsp3) is 0.286. The average molecular weight is 400 g/mol. The van der Waals surface area contributed by atoms with Crippen LogP contribution < -0.4 is 10.6 Å². The van der Waals surface area contributed by atoms with Crippen LogP contribution in [0.2, 0.25) is 5.02 Å². The number of anilines is 1. The summed E-state index contributed by atoms with van der Waals surface area (Å²) < 4.78 is 0. The number of benzene rings is 2. The number of carbonyl (C=O) groups excluding carboxylic acids is 3. The van der Waals surface area contributed by atoms with E-state index < -0.39 is 29.9 Å². The normalized spacial score (nSPS) is 19.0. The van der Waals surface area contributed by atoms with Crippen molar-refractivity contribution in [3.05, 3.63) is 63.7 Å². The number of nitrogens with zero attached hydrogens (tertiary/aromatic N) is 1. The number of aryl methyl sites for hydroxylation is 3. The smallest absolute Gasteiger partial charge is 0.323 e. The highest BCUT2D eigenvalue weighted by Crippen LogP contribution is 2.30. The van der Waals surface area contributed by atoms with Crippen molar-refractivity contribution in [1.29, 1.82) is 0 Å². The van der Waals surface area contributed by atoms with E-state index in [0.717, 1.165) is 21.6 Å². The first-order valence-electron chi connectivity index (χ1n) is 8.89. The molecule has 0 saturated carbocycles. The molecule has 2 aromatic rings. The summed E-state index contributed by atoms with van der Waals surface area (Å²) in [4.78, 5) is 38.7. The van der Waals surface area contributed by atoms with E-state index in [1.807, 2.05) is 39.0 Å². The Kier molecular flexibility index (Phi) is 5.17. The van der Waals surface area contributed by atoms with Crippen LogP contribution in [-0.4, -0.2) is 29.3 Å². The van der Waals surface area contributed by atoms with Crippen LogP contribution in [0, 0.1) is 20.8 Å². The van der Waals surface area contributed by atoms with E-state index in [1.54, 1.807) is 25.1 Å². The zero-order chi connectivity index (χ0) is 20.6. The van der Waals surface area contributed by atoms with Gasteiger partial charge in [-0.3, -0.25) is 14.5 Å². The van der Waals surface area contributed by atoms with E-state index in [4.69, 9.17) is 11.6 Å². The van der Waals surface area contributed by atoms with Crippen molar-refractivity contribution >= 4 is 35.1 Å². The molecule has 4 amide bonds. The molecule has 0 aliphatic carbocycles. The van der Waals surface area contributed by atoms with Gasteiger partial charge in [-0.2, -0.15) is 0 Å². The number of halogens is 1. The Bertz CT molecular complexity index is 948. The maximum absolute atomic E-state index is 12.9. The highest BCUT2D eigenvalue weighted by Gasteiger charge is 2.49. The SMILES string of the molecule is Cc1ccc(C2(C)NC(=O)N(CC(=O)Nc3c(C)cc(C)cc3Cl)C2=O)cc1. The maximum Gasteiger partial charge on any atom is 0.325 e. The third kappa shape index (κ3) is 3.60. The quantitative estimate of drug-likeness (QED) is 0.770. The van der Waals surface area contributed by atoms with E-state index in [0.29, 0.717) is 16.3 Å². The molecule has 3 rings (SSSR count). The largest absolute Gasteiger partial charge is 0.325 e. The van der Waals surface area contributed by atoms with Gasteiger partial charge in [0.25, 0.3) is 5.91 Å². The first-order valence-corrected chi connectivity index (χ1v) is 9.27. The monoisotopic (exact) mass is 399 g/mol. The molecule has 1 fully saturated rings. The van der Waals surface area contributed by atoms with Crippen LogP contribution >= 0.6 is 11.6 Å². The minimum atomic E-state index is -1.21. The van der Waals surface area contributed by atoms with Gasteiger partial charge < -0.3 is 10.6 Å². The second-order valence-electron chi connectivity index (χ2n) is 7.30. The standard InChI is InChI=1S/C21H22ClN3O3/c1-12-5-7-15(8-6-12)21(4)19(27)25(20(28)24-21)11-17(26)23-18-14(3)9-13(2)10-16(18)22/h5-10H,11H2,1-4H3,(H,23,26)(H,24,28). The topological polar surface area (TPSA) is 78.5 Å². The molecule has 0 radical (unpaired) electrons. The van der Waals surface area contributed by atoms with Gasteiger partial charge in [-0.05, 0) is 50.5 Å². The summed E-state index contributed by atoms with van der Waals surface area (Å²) in [7, 11) is 0. The van der Waals surface area contributed by atoms with Gasteiger partial charge in [-0.25, -0.2) is 4.79 Å². The molecule has 1 saturated heterocycles. The molecule has 1 unspecified atom stereocenters. The Labute approximate surface area is 168 Å². The van der Waals surface area contributed by atoms with Crippen molar-refractivity contribution in [1.82, 2.24) is 10.2 Å². The van der Waals surface area contributed by atoms with Crippen LogP contribution in [0.4, 0.5) is 10.5 Å². The second kappa shape index (κ2) is 7.28. The van der Waals surface area contributed by atoms with Gasteiger partial charge in [0, 0.05) is 0 Å². The minimum absolute atomic E-state index is 0.393. The van der Waals surface area contributed by atoms with Crippen LogP contribution in [0.5, 0.6) is 0 Å². The lowest BCUT2D eigenvalue weighted by Gasteiger charge is -2.22. The summed E-state index contributed by atoms with van der Waals surface area (Å²) in [6.45, 7) is 6.92. The highest BCUT2D eigenvalue weighted by atomic mass is 35.5. The first-order chi connectivity index (χ1) is 13.1. The first kappa shape index (κ1) is 19.9. The number of amides is 4. The van der Waals surface area contributed by atoms with Gasteiger partial charge >= 0.3 is 6.03 Å². The average Bonchev–Trinajstić information content (AvgIpc) is 2.83. The Balaban J connectivity index is 1.78. The number of hydrogen-bond donors (Lipinski definition) is 2. The predicted octanol–water partition coefficient (Wildman–Crippen LogP) is 3.67. The molecule has 1 heterocycles. The lowest BCUT2D eigenvalue weighted by atomic mass is 9.91. The molecule has 2 N–H and O–H groups in total. The number of carbonyl (C=O) groups is 3. The fourth-order valence-electron chi connectivity index (χ4n) is 3.32. The van der Waals surface area contributed by atoms with Crippen molar-refractivity contribution < 1.29 is 14.4 Å². The molecule has 28 heavy (non-hydrogen) atoms. The van der Waals surface area contributed by atoms with Gasteiger partial charge in [-0.1, -0.05) is 47.5 Å². The summed E-state index contributed by atoms with van der Waals surface area (Å²) in [6, 6.07) is 10.4. The molecule has 0 spiro atoms. The molecule has 7 heteroatoms. The predicted molar refractivity (Wildman–Crippen MR) is 108 cm³/mol. The van der Waals surface area contributed by atoms with Crippen molar-refractivity contribution in [3.63, 3.8) is 0 Å². The van der Waals surface area contributed by atoms with Gasteiger partial charge in [-0.15, -0.1) is 0 Å². The highest BCUT2D eigenvalue weighted by molar-refractivity contribution is 6.34. The molecule has 1 atom stereocenters. The van der Waals surface area contributed by atoms with Crippen LogP contribution in [0.25, 0.3) is 0 Å². The summed E-state index contributed by atoms with van der Waals surface area (Å²) in [5.74, 6) is -0.964. The molecule has 1 aliphatic rings. The number of nitrogens with one attached hydrogen (secondary N) is 2. The second-order valence-corrected chi connectivity index (χ2v) is 7.71. The number of imide groups is 1. The van der Waals surface area contributed by atoms with Crippen molar-refractivity contribution in [3.8, 4) is 0 Å². The molecule has 1 aliphatic heterocycles. The molecule has 0 aromatic heterocycles. The Morgan fingerprint density at radius 3 is 2.36 bits per heavy atom. The lowest BCUT2D eigenvalue weighted by Crippen LogP contribution is -2.42. The van der Waals surface area contributed by atoms with E-state index >= 15 is 0 Å². The van der Waals surface area contributed by atoms with Crippen LogP contribution in [-0.2, 0) is 15.1 Å². The van der Waals surface area contributed by atoms with E-state index in [1.165, 1.54) is 0 Å². The van der Waals surface area contributed by atoms with Gasteiger partial charge in [0.2, 0.25) is 5.91 Å². The van der Waals surface area contributed by atoms with E-state index in [9.17, 15) is 14.4 Å². The van der Waals surface area contributed by atoms with E-state index in [2.05, 4.69) is 10.6 Å². The summed E-state index contributed by atoms with van der Waals surface area (Å²) >= 11 is 6.22. The molecular formula is C21H22ClN3O3. The van der Waals surface area contributed by atoms with Gasteiger partial charge in [0.15, 0.2) is 0 Å². The third-order valence-corrected chi connectivity index (χ3v) is 5.20. The molecule has 146 valence electrons. The minimum Gasteiger partial charge on any atom is -0.323 e. The van der Waals surface area contributed by atoms with Crippen LogP contribution in [0.1, 0.15) is 29.2 Å². The fourth-order valence-corrected chi connectivity index (χ4v) is 3.69.